The molecule has 0 saturated carbocycles. The lowest BCUT2D eigenvalue weighted by molar-refractivity contribution is -0.140. The third kappa shape index (κ3) is 5.57. The van der Waals surface area contributed by atoms with Gasteiger partial charge in [-0.05, 0) is 47.9 Å². The van der Waals surface area contributed by atoms with E-state index in [0.717, 1.165) is 0 Å². The SMILES string of the molecule is O=C1CC(c2ccc(C[C@H](NS(=O)(=O)c3ccc(F)cc3C(F)(F)F)c3nc4ccccc4[nH]3)cc2)S(=O)(=O)N1. The van der Waals surface area contributed by atoms with Gasteiger partial charge in [0.1, 0.15) is 16.9 Å². The van der Waals surface area contributed by atoms with Crippen molar-refractivity contribution in [2.24, 2.45) is 0 Å². The fraction of sp³-hybridized carbons (Fsp3) is 0.200. The third-order valence-corrected chi connectivity index (χ3v) is 9.59. The summed E-state index contributed by atoms with van der Waals surface area (Å²) in [5.41, 5.74) is 0.205. The summed E-state index contributed by atoms with van der Waals surface area (Å²) in [6, 6.07) is 12.8. The Kier molecular flexibility index (Phi) is 6.92. The van der Waals surface area contributed by atoms with Crippen molar-refractivity contribution in [1.29, 1.82) is 0 Å². The average molecular weight is 597 g/mol. The highest BCUT2D eigenvalue weighted by molar-refractivity contribution is 7.90. The number of hydrogen-bond donors (Lipinski definition) is 3. The van der Waals surface area contributed by atoms with E-state index in [1.807, 2.05) is 4.72 Å². The molecule has 0 spiro atoms. The van der Waals surface area contributed by atoms with Gasteiger partial charge in [0.25, 0.3) is 0 Å². The molecule has 1 fully saturated rings. The number of fused-ring (bicyclic) bond motifs is 1. The molecule has 1 aliphatic rings. The number of halogens is 4. The van der Waals surface area contributed by atoms with Crippen LogP contribution in [0.25, 0.3) is 11.0 Å². The topological polar surface area (TPSA) is 138 Å². The van der Waals surface area contributed by atoms with E-state index in [1.165, 1.54) is 24.3 Å². The molecule has 1 amide bonds. The van der Waals surface area contributed by atoms with Gasteiger partial charge in [0.2, 0.25) is 26.0 Å². The van der Waals surface area contributed by atoms with E-state index in [0.29, 0.717) is 34.3 Å². The van der Waals surface area contributed by atoms with Crippen LogP contribution in [-0.4, -0.2) is 32.7 Å². The first-order valence-corrected chi connectivity index (χ1v) is 14.7. The van der Waals surface area contributed by atoms with Crippen LogP contribution in [0.4, 0.5) is 17.6 Å². The number of benzene rings is 3. The second-order valence-electron chi connectivity index (χ2n) is 9.16. The van der Waals surface area contributed by atoms with Gasteiger partial charge in [-0.25, -0.2) is 30.9 Å². The van der Waals surface area contributed by atoms with Gasteiger partial charge >= 0.3 is 6.18 Å². The van der Waals surface area contributed by atoms with Crippen molar-refractivity contribution in [3.8, 4) is 0 Å². The zero-order chi connectivity index (χ0) is 28.9. The first kappa shape index (κ1) is 27.7. The highest BCUT2D eigenvalue weighted by Crippen LogP contribution is 2.36. The average Bonchev–Trinajstić information content (AvgIpc) is 3.42. The summed E-state index contributed by atoms with van der Waals surface area (Å²) in [7, 11) is -8.74. The largest absolute Gasteiger partial charge is 0.417 e. The molecule has 0 bridgehead atoms. The Hall–Kier alpha value is -3.82. The number of para-hydroxylation sites is 2. The number of aromatic amines is 1. The predicted molar refractivity (Wildman–Crippen MR) is 135 cm³/mol. The highest BCUT2D eigenvalue weighted by Gasteiger charge is 2.39. The maximum atomic E-state index is 13.6. The number of imidazole rings is 1. The van der Waals surface area contributed by atoms with Crippen LogP contribution in [0.2, 0.25) is 0 Å². The van der Waals surface area contributed by atoms with E-state index in [2.05, 4.69) is 14.7 Å². The molecule has 1 saturated heterocycles. The summed E-state index contributed by atoms with van der Waals surface area (Å²) in [6.07, 6.45) is -5.49. The number of nitrogens with zero attached hydrogens (tertiary/aromatic N) is 1. The molecule has 3 aromatic carbocycles. The number of amides is 1. The zero-order valence-electron chi connectivity index (χ0n) is 20.2. The lowest BCUT2D eigenvalue weighted by Crippen LogP contribution is -2.32. The maximum absolute atomic E-state index is 13.6. The minimum Gasteiger partial charge on any atom is -0.341 e. The number of hydrogen-bond acceptors (Lipinski definition) is 6. The molecule has 40 heavy (non-hydrogen) atoms. The van der Waals surface area contributed by atoms with Crippen molar-refractivity contribution in [3.05, 3.63) is 95.1 Å². The predicted octanol–water partition coefficient (Wildman–Crippen LogP) is 3.87. The second kappa shape index (κ2) is 9.98. The Morgan fingerprint density at radius 3 is 2.38 bits per heavy atom. The molecule has 5 rings (SSSR count). The highest BCUT2D eigenvalue weighted by atomic mass is 32.2. The monoisotopic (exact) mass is 596 g/mol. The summed E-state index contributed by atoms with van der Waals surface area (Å²) in [6.45, 7) is 0. The maximum Gasteiger partial charge on any atom is 0.417 e. The Balaban J connectivity index is 1.51. The molecule has 4 aromatic rings. The molecule has 2 heterocycles. The number of rotatable bonds is 7. The Labute approximate surface area is 225 Å². The fourth-order valence-electron chi connectivity index (χ4n) is 4.49. The normalized spacial score (nSPS) is 18.1. The Bertz CT molecular complexity index is 1790. The molecular formula is C25H20F4N4O5S2. The summed E-state index contributed by atoms with van der Waals surface area (Å²) in [5, 5.41) is -1.09. The summed E-state index contributed by atoms with van der Waals surface area (Å²) >= 11 is 0. The van der Waals surface area contributed by atoms with Crippen LogP contribution in [-0.2, 0) is 37.4 Å². The molecule has 3 N–H and O–H groups in total. The van der Waals surface area contributed by atoms with Crippen LogP contribution in [0.3, 0.4) is 0 Å². The minimum absolute atomic E-state index is 0.101. The lowest BCUT2D eigenvalue weighted by Gasteiger charge is -2.20. The van der Waals surface area contributed by atoms with Crippen LogP contribution in [0.1, 0.15) is 40.2 Å². The number of carbonyl (C=O) groups excluding carboxylic acids is 1. The number of H-pyrrole nitrogens is 1. The van der Waals surface area contributed by atoms with E-state index < -0.39 is 59.7 Å². The second-order valence-corrected chi connectivity index (χ2v) is 12.7. The van der Waals surface area contributed by atoms with E-state index in [-0.39, 0.29) is 24.7 Å². The quantitative estimate of drug-likeness (QED) is 0.277. The Morgan fingerprint density at radius 2 is 1.75 bits per heavy atom. The van der Waals surface area contributed by atoms with E-state index in [9.17, 15) is 39.2 Å². The van der Waals surface area contributed by atoms with E-state index in [1.54, 1.807) is 24.3 Å². The summed E-state index contributed by atoms with van der Waals surface area (Å²) in [4.78, 5) is 17.8. The van der Waals surface area contributed by atoms with Crippen LogP contribution in [0.15, 0.2) is 71.6 Å². The van der Waals surface area contributed by atoms with Gasteiger partial charge in [-0.1, -0.05) is 36.4 Å². The van der Waals surface area contributed by atoms with Crippen molar-refractivity contribution in [2.75, 3.05) is 0 Å². The standard InChI is InChI=1S/C25H20F4N4O5S2/c26-16-9-10-21(17(12-16)25(27,28)29)39(35,36)32-20(24-30-18-3-1-2-4-19(18)31-24)11-14-5-7-15(8-6-14)22-13-23(34)33-40(22,37)38/h1-10,12,20,22,32H,11,13H2,(H,30,31)(H,33,34)/t20-,22?/m0/s1. The third-order valence-electron chi connectivity index (χ3n) is 6.36. The van der Waals surface area contributed by atoms with Crippen LogP contribution < -0.4 is 9.44 Å². The molecule has 210 valence electrons. The van der Waals surface area contributed by atoms with Crippen LogP contribution in [0, 0.1) is 5.82 Å². The molecule has 15 heteroatoms. The van der Waals surface area contributed by atoms with Gasteiger partial charge in [0, 0.05) is 0 Å². The first-order chi connectivity index (χ1) is 18.7. The number of carbonyl (C=O) groups is 1. The van der Waals surface area contributed by atoms with Crippen molar-refractivity contribution in [2.45, 2.75) is 35.2 Å². The fourth-order valence-corrected chi connectivity index (χ4v) is 7.33. The summed E-state index contributed by atoms with van der Waals surface area (Å²) in [5.74, 6) is -1.77. The number of sulfonamides is 2. The summed E-state index contributed by atoms with van der Waals surface area (Å²) < 4.78 is 110. The number of aromatic nitrogens is 2. The van der Waals surface area contributed by atoms with Gasteiger partial charge in [-0.15, -0.1) is 0 Å². The van der Waals surface area contributed by atoms with Crippen molar-refractivity contribution in [3.63, 3.8) is 0 Å². The van der Waals surface area contributed by atoms with E-state index in [4.69, 9.17) is 0 Å². The lowest BCUT2D eigenvalue weighted by atomic mass is 10.0. The minimum atomic E-state index is -5.15. The zero-order valence-corrected chi connectivity index (χ0v) is 21.9. The van der Waals surface area contributed by atoms with Gasteiger partial charge in [-0.2, -0.15) is 13.2 Å². The van der Waals surface area contributed by atoms with Crippen LogP contribution in [0.5, 0.6) is 0 Å². The Morgan fingerprint density at radius 1 is 1.05 bits per heavy atom. The van der Waals surface area contributed by atoms with Gasteiger partial charge in [-0.3, -0.25) is 9.52 Å². The number of nitrogens with one attached hydrogen (secondary N) is 3. The van der Waals surface area contributed by atoms with Crippen molar-refractivity contribution in [1.82, 2.24) is 19.4 Å². The molecule has 1 aliphatic heterocycles. The van der Waals surface area contributed by atoms with Crippen molar-refractivity contribution >= 4 is 37.0 Å². The van der Waals surface area contributed by atoms with E-state index >= 15 is 0 Å². The smallest absolute Gasteiger partial charge is 0.341 e. The molecule has 1 unspecified atom stereocenters. The van der Waals surface area contributed by atoms with Crippen LogP contribution >= 0.6 is 0 Å². The van der Waals surface area contributed by atoms with Gasteiger partial charge in [0.15, 0.2) is 0 Å². The molecule has 0 aliphatic carbocycles. The van der Waals surface area contributed by atoms with Crippen molar-refractivity contribution < 1.29 is 39.2 Å². The number of alkyl halides is 3. The molecule has 1 aromatic heterocycles. The van der Waals surface area contributed by atoms with Gasteiger partial charge < -0.3 is 4.98 Å². The van der Waals surface area contributed by atoms with Gasteiger partial charge in [0.05, 0.1) is 34.0 Å². The molecule has 0 radical (unpaired) electrons. The molecule has 9 nitrogen and oxygen atoms in total. The molecule has 2 atom stereocenters. The first-order valence-electron chi connectivity index (χ1n) is 11.7. The molecular weight excluding hydrogens is 576 g/mol.